The summed E-state index contributed by atoms with van der Waals surface area (Å²) in [6.07, 6.45) is 34.8. The lowest BCUT2D eigenvalue weighted by Gasteiger charge is -2.43. The monoisotopic (exact) mass is 1010 g/mol. The molecule has 0 spiro atoms. The molecule has 6 fully saturated rings. The van der Waals surface area contributed by atoms with Crippen molar-refractivity contribution < 1.29 is 9.59 Å². The molecule has 6 atom stereocenters. The molecule has 0 saturated heterocycles. The van der Waals surface area contributed by atoms with Gasteiger partial charge in [-0.2, -0.15) is 10.2 Å². The van der Waals surface area contributed by atoms with Crippen LogP contribution >= 0.6 is 11.6 Å². The Morgan fingerprint density at radius 3 is 1.34 bits per heavy atom. The molecule has 10 heteroatoms. The molecular weight excluding hydrogens is 898 g/mol. The number of hydrogen-bond donors (Lipinski definition) is 2. The van der Waals surface area contributed by atoms with Gasteiger partial charge in [0.05, 0.1) is 12.1 Å². The number of nitrogens with zero attached hydrogens (tertiary/aromatic N) is 5. The van der Waals surface area contributed by atoms with Gasteiger partial charge in [-0.25, -0.2) is 0 Å². The second-order valence-electron chi connectivity index (χ2n) is 25.0. The van der Waals surface area contributed by atoms with Gasteiger partial charge in [-0.1, -0.05) is 149 Å². The summed E-state index contributed by atoms with van der Waals surface area (Å²) in [4.78, 5) is 27.8. The van der Waals surface area contributed by atoms with E-state index in [0.717, 1.165) is 55.2 Å². The summed E-state index contributed by atoms with van der Waals surface area (Å²) in [7, 11) is 0. The number of carbonyl (C=O) groups excluding carboxylic acids is 2. The van der Waals surface area contributed by atoms with Crippen molar-refractivity contribution in [2.24, 2.45) is 39.2 Å². The van der Waals surface area contributed by atoms with Crippen LogP contribution in [0.4, 0.5) is 0 Å². The van der Waals surface area contributed by atoms with Gasteiger partial charge in [0, 0.05) is 34.6 Å². The van der Waals surface area contributed by atoms with Crippen molar-refractivity contribution in [1.29, 1.82) is 0 Å². The number of aromatic nitrogens is 4. The molecule has 1 amide bonds. The quantitative estimate of drug-likeness (QED) is 0.255. The largest absolute Gasteiger partial charge is 0.347 e. The summed E-state index contributed by atoms with van der Waals surface area (Å²) in [6, 6.07) is 1.70. The predicted octanol–water partition coefficient (Wildman–Crippen LogP) is 15.8. The molecule has 6 saturated carbocycles. The summed E-state index contributed by atoms with van der Waals surface area (Å²) >= 11 is 5.77. The van der Waals surface area contributed by atoms with E-state index in [1.165, 1.54) is 184 Å². The summed E-state index contributed by atoms with van der Waals surface area (Å²) in [6.45, 7) is 24.3. The summed E-state index contributed by atoms with van der Waals surface area (Å²) in [5, 5.41) is 12.9. The fourth-order valence-corrected chi connectivity index (χ4v) is 15.6. The highest BCUT2D eigenvalue weighted by Gasteiger charge is 2.60. The van der Waals surface area contributed by atoms with Crippen molar-refractivity contribution in [1.82, 2.24) is 29.8 Å². The number of halogens is 1. The maximum Gasteiger partial charge on any atom is 0.273 e. The minimum absolute atomic E-state index is 0. The van der Waals surface area contributed by atoms with E-state index in [9.17, 15) is 9.59 Å². The Morgan fingerprint density at radius 1 is 0.577 bits per heavy atom. The molecule has 0 radical (unpaired) electrons. The van der Waals surface area contributed by atoms with Gasteiger partial charge in [0.2, 0.25) is 0 Å². The first-order valence-corrected chi connectivity index (χ1v) is 29.1. The third kappa shape index (κ3) is 13.4. The van der Waals surface area contributed by atoms with E-state index in [1.807, 2.05) is 0 Å². The number of hydrogen-bond acceptors (Lipinski definition) is 6. The van der Waals surface area contributed by atoms with Gasteiger partial charge >= 0.3 is 0 Å². The van der Waals surface area contributed by atoms with E-state index in [4.69, 9.17) is 22.4 Å². The third-order valence-electron chi connectivity index (χ3n) is 19.9. The highest BCUT2D eigenvalue weighted by molar-refractivity contribution is 6.67. The minimum atomic E-state index is -0.378. The van der Waals surface area contributed by atoms with Crippen molar-refractivity contribution in [3.8, 4) is 0 Å². The van der Waals surface area contributed by atoms with Crippen LogP contribution in [0, 0.1) is 33.5 Å². The summed E-state index contributed by atoms with van der Waals surface area (Å²) < 4.78 is 4.50. The van der Waals surface area contributed by atoms with E-state index in [0.29, 0.717) is 34.6 Å². The summed E-state index contributed by atoms with van der Waals surface area (Å²) in [5.74, 6) is 1.75. The zero-order valence-corrected chi connectivity index (χ0v) is 45.6. The first kappa shape index (κ1) is 61.3. The second-order valence-corrected chi connectivity index (χ2v) is 25.3. The van der Waals surface area contributed by atoms with Gasteiger partial charge in [-0.05, 0) is 180 Å². The molecule has 8 aliphatic carbocycles. The van der Waals surface area contributed by atoms with Gasteiger partial charge in [0.15, 0.2) is 5.69 Å². The maximum atomic E-state index is 13.7. The second kappa shape index (κ2) is 26.5. The average Bonchev–Trinajstić information content (AvgIpc) is 4.14. The van der Waals surface area contributed by atoms with E-state index < -0.39 is 0 Å². The Labute approximate surface area is 441 Å². The Hall–Kier alpha value is -2.23. The molecule has 6 unspecified atom stereocenters. The molecule has 0 aromatic carbocycles. The average molecular weight is 1010 g/mol. The predicted molar refractivity (Wildman–Crippen MR) is 302 cm³/mol. The maximum absolute atomic E-state index is 13.7. The van der Waals surface area contributed by atoms with Gasteiger partial charge in [0.1, 0.15) is 5.69 Å². The minimum Gasteiger partial charge on any atom is -0.347 e. The molecule has 3 N–H and O–H groups in total. The van der Waals surface area contributed by atoms with Crippen LogP contribution in [-0.4, -0.2) is 67.3 Å². The Kier molecular flexibility index (Phi) is 22.9. The lowest BCUT2D eigenvalue weighted by atomic mass is 9.68. The van der Waals surface area contributed by atoms with Crippen LogP contribution in [0.2, 0.25) is 0 Å². The standard InChI is InChI=1S/C26H41N3O.C16H23ClN2O.C10H19N.C6H15N.3CH4/c1-25(2)18-15-16-26(3,17-18)24(25)27-23(30)22-20-13-9-4-5-10-14-21(20)29(28-22)19-11-7-6-8-12-19;17-16(20)15-13-10-6-1-2-7-11-14(13)19(18-15)12-8-4-3-5-9-12;1-9(2)7-4-5-10(3,6-7)8(9)11;1-4-7(5-2)6-3;;;/h18-19,24H,4-17H2,1-3H3,(H,27,30);12H,1-11H2;7-8H,4-6,11H2,1-3H3;4-6H2,1-3H3;3*1H4. The van der Waals surface area contributed by atoms with Crippen LogP contribution < -0.4 is 11.1 Å². The van der Waals surface area contributed by atoms with Crippen LogP contribution in [0.3, 0.4) is 0 Å². The number of fused-ring (bicyclic) bond motifs is 6. The molecular formula is C61H110ClN7O2. The zero-order chi connectivity index (χ0) is 48.9. The molecule has 0 aliphatic heterocycles. The lowest BCUT2D eigenvalue weighted by molar-refractivity contribution is 0.0731. The fourth-order valence-electron chi connectivity index (χ4n) is 15.4. The molecule has 9 nitrogen and oxygen atoms in total. The lowest BCUT2D eigenvalue weighted by Crippen LogP contribution is -2.52. The number of nitrogens with one attached hydrogen (secondary N) is 1. The highest BCUT2D eigenvalue weighted by Crippen LogP contribution is 2.63. The number of nitrogens with two attached hydrogens (primary N) is 1. The first-order valence-electron chi connectivity index (χ1n) is 28.7. The van der Waals surface area contributed by atoms with Crippen molar-refractivity contribution in [3.05, 3.63) is 33.9 Å². The fraction of sp³-hybridized carbons (Fsp3) is 0.869. The van der Waals surface area contributed by atoms with Crippen molar-refractivity contribution in [2.75, 3.05) is 19.6 Å². The zero-order valence-electron chi connectivity index (χ0n) is 44.9. The first-order chi connectivity index (χ1) is 32.5. The normalized spacial score (nSPS) is 29.5. The topological polar surface area (TPSA) is 111 Å². The Balaban J connectivity index is 0.000000230. The molecule has 10 rings (SSSR count). The van der Waals surface area contributed by atoms with Crippen LogP contribution in [0.5, 0.6) is 0 Å². The Morgan fingerprint density at radius 2 is 0.972 bits per heavy atom. The smallest absolute Gasteiger partial charge is 0.273 e. The van der Waals surface area contributed by atoms with Crippen LogP contribution in [-0.2, 0) is 25.7 Å². The van der Waals surface area contributed by atoms with E-state index >= 15 is 0 Å². The van der Waals surface area contributed by atoms with Gasteiger partial charge < -0.3 is 16.0 Å². The van der Waals surface area contributed by atoms with Crippen LogP contribution in [0.25, 0.3) is 0 Å². The molecule has 408 valence electrons. The molecule has 2 aromatic heterocycles. The van der Waals surface area contributed by atoms with E-state index in [1.54, 1.807) is 0 Å². The summed E-state index contributed by atoms with van der Waals surface area (Å²) in [5.41, 5.74) is 14.0. The van der Waals surface area contributed by atoms with Gasteiger partial charge in [-0.15, -0.1) is 0 Å². The van der Waals surface area contributed by atoms with Crippen molar-refractivity contribution >= 4 is 22.8 Å². The van der Waals surface area contributed by atoms with Crippen molar-refractivity contribution in [3.63, 3.8) is 0 Å². The van der Waals surface area contributed by atoms with Gasteiger partial charge in [0.25, 0.3) is 11.1 Å². The molecule has 2 heterocycles. The number of carbonyl (C=O) groups is 2. The molecule has 2 aromatic rings. The number of rotatable bonds is 8. The highest BCUT2D eigenvalue weighted by atomic mass is 35.5. The Bertz CT molecular complexity index is 1950. The third-order valence-corrected chi connectivity index (χ3v) is 20.1. The van der Waals surface area contributed by atoms with E-state index in [2.05, 4.69) is 87.0 Å². The number of amides is 1. The molecule has 8 aliphatic rings. The SMILES string of the molecule is C.C.C.CC12CCC(C1)C(C)(C)C2N.CC12CCC(C1)C(C)(C)C2NC(=O)c1nn(C2CCCCC2)c2c1CCCCCC2.CCN(CC)CC.O=C(Cl)c1nn(C2CCCCC2)c2c1CCCCCC2. The molecule has 71 heavy (non-hydrogen) atoms. The van der Waals surface area contributed by atoms with Crippen LogP contribution in [0.15, 0.2) is 0 Å². The van der Waals surface area contributed by atoms with Crippen molar-refractivity contribution in [2.45, 2.75) is 289 Å². The van der Waals surface area contributed by atoms with E-state index in [-0.39, 0.29) is 50.3 Å². The van der Waals surface area contributed by atoms with Gasteiger partial charge in [-0.3, -0.25) is 19.0 Å². The molecule has 4 bridgehead atoms. The van der Waals surface area contributed by atoms with Crippen LogP contribution in [0.1, 0.15) is 294 Å².